The number of para-hydroxylation sites is 2. The van der Waals surface area contributed by atoms with E-state index in [-0.39, 0.29) is 17.9 Å². The van der Waals surface area contributed by atoms with E-state index in [2.05, 4.69) is 141 Å². The number of aromatic nitrogens is 9. The zero-order chi connectivity index (χ0) is 64.0. The van der Waals surface area contributed by atoms with Crippen molar-refractivity contribution in [1.29, 1.82) is 0 Å². The Hall–Kier alpha value is -10.3. The lowest BCUT2D eigenvalue weighted by Crippen LogP contribution is -2.29. The molecule has 0 radical (unpaired) electrons. The van der Waals surface area contributed by atoms with Crippen LogP contribution in [0.1, 0.15) is 43.9 Å². The summed E-state index contributed by atoms with van der Waals surface area (Å²) >= 11 is 0. The Balaban J connectivity index is 0.000000187. The van der Waals surface area contributed by atoms with Gasteiger partial charge < -0.3 is 63.9 Å². The molecule has 470 valence electrons. The average Bonchev–Trinajstić information content (AvgIpc) is 1.64. The molecule has 0 atom stereocenters. The van der Waals surface area contributed by atoms with Crippen molar-refractivity contribution >= 4 is 79.6 Å². The summed E-state index contributed by atoms with van der Waals surface area (Å²) in [6, 6.07) is 20.7. The average molecular weight is 1230 g/mol. The first-order valence-corrected chi connectivity index (χ1v) is 30.5. The molecule has 10 aromatic rings. The summed E-state index contributed by atoms with van der Waals surface area (Å²) in [5.74, 6) is 1.74. The molecule has 0 spiro atoms. The fourth-order valence-corrected chi connectivity index (χ4v) is 11.7. The van der Waals surface area contributed by atoms with Crippen LogP contribution in [-0.2, 0) is 35.5 Å². The minimum Gasteiger partial charge on any atom is -0.494 e. The topological polar surface area (TPSA) is 219 Å². The number of aryl methyl sites for hydroxylation is 4. The number of anilines is 8. The second-order valence-electron chi connectivity index (χ2n) is 23.6. The van der Waals surface area contributed by atoms with Gasteiger partial charge in [-0.2, -0.15) is 5.10 Å². The highest BCUT2D eigenvalue weighted by atomic mass is 16.5. The third kappa shape index (κ3) is 13.4. The van der Waals surface area contributed by atoms with Crippen LogP contribution in [0.25, 0.3) is 66.9 Å². The number of carbonyl (C=O) groups excluding carboxylic acids is 2. The van der Waals surface area contributed by atoms with Gasteiger partial charge in [-0.3, -0.25) is 14.3 Å². The number of benzene rings is 4. The summed E-state index contributed by atoms with van der Waals surface area (Å²) in [5, 5.41) is 19.5. The van der Waals surface area contributed by atoms with Gasteiger partial charge in [0.2, 0.25) is 29.6 Å². The standard InChI is InChI=1S/C36H43N9O2.C33H36N8O3/c1-8-33(46)39-29-17-30(32(47-7)18-31(29)43(6)16-15-42(4)5)40-36-37-20-27(25-19-38-45(21-25)23(2)3)34(41-36)28-22-44-14-10-12-24-11-9-13-26(28)35(24)44;1-6-29(42)36-25-17-26(28(43-5)18-27(25)40(4)15-14-39(2)3)37-33-35-19-23(32-34-12-16-44-32)30(38-33)24-20-41-13-8-10-21-9-7-11-22(24)31(21)41/h8-9,11,13,17-23H,1,10,12,14-16H2,2-7H3,(H,39,46)(H,37,40,41);6-7,9,11-12,16-20H,1,8,10,13-15H2,2-5H3,(H,36,42)(H,35,37,38). The number of hydrogen-bond acceptors (Lipinski definition) is 17. The summed E-state index contributed by atoms with van der Waals surface area (Å²) in [5.41, 5.74) is 15.3. The number of amides is 2. The molecule has 0 aliphatic carbocycles. The fraction of sp³-hybridized carbons (Fsp3) is 0.304. The van der Waals surface area contributed by atoms with Gasteiger partial charge in [-0.15, -0.1) is 0 Å². The van der Waals surface area contributed by atoms with Crippen LogP contribution in [0, 0.1) is 0 Å². The second kappa shape index (κ2) is 27.2. The van der Waals surface area contributed by atoms with Crippen molar-refractivity contribution in [3.63, 3.8) is 0 Å². The normalized spacial score (nSPS) is 12.5. The number of oxazole rings is 1. The van der Waals surface area contributed by atoms with Crippen molar-refractivity contribution in [2.75, 3.05) is 114 Å². The van der Waals surface area contributed by atoms with E-state index >= 15 is 0 Å². The molecule has 0 unspecified atom stereocenters. The van der Waals surface area contributed by atoms with Gasteiger partial charge in [0.15, 0.2) is 0 Å². The largest absolute Gasteiger partial charge is 0.494 e. The van der Waals surface area contributed by atoms with Crippen LogP contribution in [0.4, 0.5) is 46.0 Å². The second-order valence-corrected chi connectivity index (χ2v) is 23.6. The summed E-state index contributed by atoms with van der Waals surface area (Å²) in [6.07, 6.45) is 21.9. The Morgan fingerprint density at radius 3 is 1.56 bits per heavy atom. The maximum Gasteiger partial charge on any atom is 0.247 e. The van der Waals surface area contributed by atoms with Crippen molar-refractivity contribution in [3.05, 3.63) is 147 Å². The molecule has 22 heteroatoms. The Kier molecular flexibility index (Phi) is 18.6. The van der Waals surface area contributed by atoms with Gasteiger partial charge in [0.25, 0.3) is 0 Å². The number of nitrogens with zero attached hydrogens (tertiary/aromatic N) is 13. The van der Waals surface area contributed by atoms with Crippen LogP contribution in [-0.4, -0.2) is 148 Å². The Morgan fingerprint density at radius 2 is 1.12 bits per heavy atom. The van der Waals surface area contributed by atoms with Crippen molar-refractivity contribution in [2.45, 2.75) is 58.7 Å². The molecule has 0 saturated heterocycles. The fourth-order valence-electron chi connectivity index (χ4n) is 11.7. The molecular formula is C69H79N17O5. The van der Waals surface area contributed by atoms with Crippen molar-refractivity contribution in [3.8, 4) is 56.6 Å². The number of rotatable bonds is 23. The maximum atomic E-state index is 12.5. The highest BCUT2D eigenvalue weighted by molar-refractivity contribution is 6.04. The summed E-state index contributed by atoms with van der Waals surface area (Å²) in [6.45, 7) is 16.5. The van der Waals surface area contributed by atoms with Crippen LogP contribution in [0.5, 0.6) is 11.5 Å². The van der Waals surface area contributed by atoms with E-state index in [1.807, 2.05) is 89.8 Å². The van der Waals surface area contributed by atoms with E-state index in [0.717, 1.165) is 110 Å². The summed E-state index contributed by atoms with van der Waals surface area (Å²) in [4.78, 5) is 57.3. The molecule has 6 aromatic heterocycles. The molecule has 2 aliphatic heterocycles. The minimum atomic E-state index is -0.315. The molecule has 4 aromatic carbocycles. The lowest BCUT2D eigenvalue weighted by Gasteiger charge is -2.26. The maximum absolute atomic E-state index is 12.5. The van der Waals surface area contributed by atoms with Crippen LogP contribution in [0.3, 0.4) is 0 Å². The quantitative estimate of drug-likeness (QED) is 0.0438. The monoisotopic (exact) mass is 1230 g/mol. The predicted molar refractivity (Wildman–Crippen MR) is 364 cm³/mol. The Bertz CT molecular complexity index is 4310. The van der Waals surface area contributed by atoms with Crippen LogP contribution < -0.4 is 40.5 Å². The highest BCUT2D eigenvalue weighted by Gasteiger charge is 2.26. The molecule has 2 amide bonds. The van der Waals surface area contributed by atoms with Crippen molar-refractivity contribution in [1.82, 2.24) is 53.6 Å². The molecule has 4 N–H and O–H groups in total. The molecule has 12 rings (SSSR count). The number of carbonyl (C=O) groups is 2. The SMILES string of the molecule is C=CC(=O)Nc1cc(Nc2ncc(-c3cnn(C(C)C)c3)c(-c3cn4c5c(cccc35)CCC4)n2)c(OC)cc1N(C)CCN(C)C.C=CC(=O)Nc1cc(Nc2ncc(-c3ncco3)c(-c3cn4c5c(cccc35)CCC4)n2)c(OC)cc1N(C)CCN(C)C. The third-order valence-electron chi connectivity index (χ3n) is 16.4. The zero-order valence-corrected chi connectivity index (χ0v) is 53.5. The predicted octanol–water partition coefficient (Wildman–Crippen LogP) is 11.9. The number of likely N-dealkylation sites (N-methyl/N-ethyl adjacent to an activating group) is 4. The van der Waals surface area contributed by atoms with Gasteiger partial charge in [-0.25, -0.2) is 24.9 Å². The molecule has 91 heavy (non-hydrogen) atoms. The van der Waals surface area contributed by atoms with E-state index in [1.54, 1.807) is 32.9 Å². The van der Waals surface area contributed by atoms with E-state index in [9.17, 15) is 9.59 Å². The lowest BCUT2D eigenvalue weighted by atomic mass is 9.99. The number of ether oxygens (including phenoxy) is 2. The molecule has 0 saturated carbocycles. The molecule has 2 aliphatic rings. The van der Waals surface area contributed by atoms with Gasteiger partial charge in [0, 0.05) is 136 Å². The molecule has 0 bridgehead atoms. The van der Waals surface area contributed by atoms with Crippen LogP contribution >= 0.6 is 0 Å². The number of hydrogen-bond donors (Lipinski definition) is 4. The van der Waals surface area contributed by atoms with E-state index in [1.165, 1.54) is 39.7 Å². The smallest absolute Gasteiger partial charge is 0.247 e. The molecule has 22 nitrogen and oxygen atoms in total. The van der Waals surface area contributed by atoms with Crippen molar-refractivity contribution < 1.29 is 23.5 Å². The van der Waals surface area contributed by atoms with E-state index < -0.39 is 0 Å². The first kappa shape index (κ1) is 62.3. The van der Waals surface area contributed by atoms with Gasteiger partial charge >= 0.3 is 0 Å². The highest BCUT2D eigenvalue weighted by Crippen LogP contribution is 2.44. The zero-order valence-electron chi connectivity index (χ0n) is 53.5. The molecule has 8 heterocycles. The molecular weight excluding hydrogens is 1150 g/mol. The Morgan fingerprint density at radius 1 is 0.626 bits per heavy atom. The first-order valence-electron chi connectivity index (χ1n) is 30.5. The first-order chi connectivity index (χ1) is 44.0. The third-order valence-corrected chi connectivity index (χ3v) is 16.4. The minimum absolute atomic E-state index is 0.223. The number of methoxy groups -OCH3 is 2. The van der Waals surface area contributed by atoms with E-state index in [4.69, 9.17) is 28.8 Å². The Labute approximate surface area is 530 Å². The lowest BCUT2D eigenvalue weighted by molar-refractivity contribution is -0.112. The summed E-state index contributed by atoms with van der Waals surface area (Å²) < 4.78 is 23.9. The van der Waals surface area contributed by atoms with Gasteiger partial charge in [-0.05, 0) is 103 Å². The van der Waals surface area contributed by atoms with Crippen LogP contribution in [0.15, 0.2) is 140 Å². The van der Waals surface area contributed by atoms with Gasteiger partial charge in [-0.1, -0.05) is 49.6 Å². The van der Waals surface area contributed by atoms with E-state index in [0.29, 0.717) is 63.3 Å². The number of nitrogens with one attached hydrogen (secondary N) is 4. The van der Waals surface area contributed by atoms with Gasteiger partial charge in [0.05, 0.1) is 88.7 Å². The van der Waals surface area contributed by atoms with Gasteiger partial charge in [0.1, 0.15) is 17.8 Å². The van der Waals surface area contributed by atoms with Crippen LogP contribution in [0.2, 0.25) is 0 Å². The molecule has 0 fully saturated rings. The van der Waals surface area contributed by atoms with Crippen molar-refractivity contribution in [2.24, 2.45) is 0 Å². The summed E-state index contributed by atoms with van der Waals surface area (Å²) in [7, 11) is 15.3.